The fraction of sp³-hybridized carbons (Fsp3) is 0.875. The average molecular weight is 172 g/mol. The molecule has 70 valence electrons. The Balaban J connectivity index is 2.45. The lowest BCUT2D eigenvalue weighted by Crippen LogP contribution is -2.48. The summed E-state index contributed by atoms with van der Waals surface area (Å²) in [5, 5.41) is 9.32. The van der Waals surface area contributed by atoms with E-state index in [1.165, 1.54) is 0 Å². The normalized spacial score (nSPS) is 28.3. The van der Waals surface area contributed by atoms with Crippen molar-refractivity contribution in [2.24, 2.45) is 5.73 Å². The predicted molar refractivity (Wildman–Crippen MR) is 45.5 cm³/mol. The molecule has 0 spiro atoms. The van der Waals surface area contributed by atoms with Gasteiger partial charge in [-0.3, -0.25) is 9.69 Å². The molecule has 0 saturated carbocycles. The number of nitrogens with zero attached hydrogens (tertiary/aromatic N) is 1. The van der Waals surface area contributed by atoms with Crippen LogP contribution in [0.2, 0.25) is 0 Å². The molecule has 4 heteroatoms. The van der Waals surface area contributed by atoms with E-state index in [2.05, 4.69) is 0 Å². The molecule has 1 heterocycles. The fourth-order valence-corrected chi connectivity index (χ4v) is 1.51. The van der Waals surface area contributed by atoms with Gasteiger partial charge in [0.15, 0.2) is 0 Å². The van der Waals surface area contributed by atoms with Gasteiger partial charge >= 0.3 is 0 Å². The van der Waals surface area contributed by atoms with Gasteiger partial charge in [0, 0.05) is 6.54 Å². The van der Waals surface area contributed by atoms with E-state index in [1.807, 2.05) is 4.90 Å². The van der Waals surface area contributed by atoms with Gasteiger partial charge in [-0.1, -0.05) is 0 Å². The molecular weight excluding hydrogens is 156 g/mol. The minimum atomic E-state index is -0.316. The van der Waals surface area contributed by atoms with Crippen LogP contribution in [0, 0.1) is 0 Å². The van der Waals surface area contributed by atoms with Crippen LogP contribution in [0.5, 0.6) is 0 Å². The van der Waals surface area contributed by atoms with Crippen LogP contribution in [-0.2, 0) is 4.79 Å². The molecular formula is C8H16N2O2. The number of hydrogen-bond donors (Lipinski definition) is 2. The van der Waals surface area contributed by atoms with Crippen LogP contribution in [0.1, 0.15) is 19.8 Å². The largest absolute Gasteiger partial charge is 0.392 e. The van der Waals surface area contributed by atoms with Gasteiger partial charge in [0.2, 0.25) is 5.91 Å². The van der Waals surface area contributed by atoms with E-state index in [0.29, 0.717) is 6.54 Å². The molecule has 1 amide bonds. The maximum Gasteiger partial charge on any atom is 0.234 e. The van der Waals surface area contributed by atoms with Crippen LogP contribution < -0.4 is 5.73 Å². The molecule has 1 rings (SSSR count). The number of aliphatic hydroxyl groups excluding tert-OH is 1. The number of carbonyl (C=O) groups is 1. The molecule has 2 unspecified atom stereocenters. The fourth-order valence-electron chi connectivity index (χ4n) is 1.51. The number of aliphatic hydroxyl groups is 1. The number of hydrogen-bond acceptors (Lipinski definition) is 3. The third-order valence-electron chi connectivity index (χ3n) is 2.39. The van der Waals surface area contributed by atoms with Gasteiger partial charge in [0.1, 0.15) is 0 Å². The monoisotopic (exact) mass is 172 g/mol. The topological polar surface area (TPSA) is 66.6 Å². The first-order valence-electron chi connectivity index (χ1n) is 4.32. The van der Waals surface area contributed by atoms with E-state index >= 15 is 0 Å². The van der Waals surface area contributed by atoms with Crippen molar-refractivity contribution in [3.05, 3.63) is 0 Å². The summed E-state index contributed by atoms with van der Waals surface area (Å²) in [6.07, 6.45) is 1.49. The Morgan fingerprint density at radius 3 is 2.92 bits per heavy atom. The Bertz CT molecular complexity index is 172. The number of carbonyl (C=O) groups excluding carboxylic acids is 1. The van der Waals surface area contributed by atoms with Gasteiger partial charge in [-0.15, -0.1) is 0 Å². The van der Waals surface area contributed by atoms with Crippen molar-refractivity contribution in [3.8, 4) is 0 Å². The number of nitrogens with two attached hydrogens (primary N) is 1. The predicted octanol–water partition coefficient (Wildman–Crippen LogP) is -0.683. The molecule has 1 saturated heterocycles. The van der Waals surface area contributed by atoms with Crippen molar-refractivity contribution >= 4 is 5.91 Å². The summed E-state index contributed by atoms with van der Waals surface area (Å²) < 4.78 is 0. The molecule has 0 bridgehead atoms. The molecule has 0 aromatic heterocycles. The number of amides is 1. The second kappa shape index (κ2) is 3.87. The molecule has 0 aromatic carbocycles. The van der Waals surface area contributed by atoms with E-state index in [-0.39, 0.29) is 18.1 Å². The van der Waals surface area contributed by atoms with Crippen molar-refractivity contribution < 1.29 is 9.90 Å². The highest BCUT2D eigenvalue weighted by Gasteiger charge is 2.24. The van der Waals surface area contributed by atoms with Crippen LogP contribution >= 0.6 is 0 Å². The Hall–Kier alpha value is -0.610. The first kappa shape index (κ1) is 9.48. The molecule has 12 heavy (non-hydrogen) atoms. The van der Waals surface area contributed by atoms with Gasteiger partial charge in [-0.25, -0.2) is 0 Å². The number of rotatable bonds is 2. The molecule has 0 aromatic rings. The SMILES string of the molecule is CC(C(N)=O)N1CCCC(O)C1. The zero-order valence-corrected chi connectivity index (χ0v) is 7.36. The maximum absolute atomic E-state index is 10.8. The lowest BCUT2D eigenvalue weighted by molar-refractivity contribution is -0.123. The first-order chi connectivity index (χ1) is 5.61. The van der Waals surface area contributed by atoms with Crippen molar-refractivity contribution in [2.45, 2.75) is 31.9 Å². The van der Waals surface area contributed by atoms with Crippen LogP contribution in [-0.4, -0.2) is 41.1 Å². The molecule has 3 N–H and O–H groups in total. The van der Waals surface area contributed by atoms with E-state index in [1.54, 1.807) is 6.92 Å². The van der Waals surface area contributed by atoms with Crippen molar-refractivity contribution in [1.82, 2.24) is 4.90 Å². The summed E-state index contributed by atoms with van der Waals surface area (Å²) in [6, 6.07) is -0.250. The second-order valence-electron chi connectivity index (χ2n) is 3.37. The molecule has 1 aliphatic rings. The van der Waals surface area contributed by atoms with Gasteiger partial charge in [0.05, 0.1) is 12.1 Å². The number of piperidine rings is 1. The summed E-state index contributed by atoms with van der Waals surface area (Å²) in [5.41, 5.74) is 5.15. The molecule has 0 radical (unpaired) electrons. The van der Waals surface area contributed by atoms with Crippen molar-refractivity contribution in [2.75, 3.05) is 13.1 Å². The Kier molecular flexibility index (Phi) is 3.05. The maximum atomic E-state index is 10.8. The lowest BCUT2D eigenvalue weighted by Gasteiger charge is -2.33. The third kappa shape index (κ3) is 2.19. The summed E-state index contributed by atoms with van der Waals surface area (Å²) in [6.45, 7) is 3.21. The number of β-amino-alcohol motifs (C(OH)–C–C–N with tert-alkyl or cyclic N) is 1. The Morgan fingerprint density at radius 1 is 1.75 bits per heavy atom. The first-order valence-corrected chi connectivity index (χ1v) is 4.32. The summed E-state index contributed by atoms with van der Waals surface area (Å²) in [7, 11) is 0. The lowest BCUT2D eigenvalue weighted by atomic mass is 10.1. The minimum absolute atomic E-state index is 0.250. The molecule has 1 aliphatic heterocycles. The molecule has 4 nitrogen and oxygen atoms in total. The number of primary amides is 1. The van der Waals surface area contributed by atoms with Crippen molar-refractivity contribution in [1.29, 1.82) is 0 Å². The van der Waals surface area contributed by atoms with Crippen LogP contribution in [0.4, 0.5) is 0 Å². The Labute approximate surface area is 72.3 Å². The zero-order chi connectivity index (χ0) is 9.14. The highest BCUT2D eigenvalue weighted by Crippen LogP contribution is 2.12. The molecule has 0 aliphatic carbocycles. The summed E-state index contributed by atoms with van der Waals surface area (Å²) in [5.74, 6) is -0.316. The molecule has 2 atom stereocenters. The van der Waals surface area contributed by atoms with Crippen LogP contribution in [0.15, 0.2) is 0 Å². The minimum Gasteiger partial charge on any atom is -0.392 e. The zero-order valence-electron chi connectivity index (χ0n) is 7.36. The van der Waals surface area contributed by atoms with Crippen molar-refractivity contribution in [3.63, 3.8) is 0 Å². The second-order valence-corrected chi connectivity index (χ2v) is 3.37. The van der Waals surface area contributed by atoms with Crippen LogP contribution in [0.25, 0.3) is 0 Å². The highest BCUT2D eigenvalue weighted by molar-refractivity contribution is 5.79. The van der Waals surface area contributed by atoms with E-state index in [4.69, 9.17) is 5.73 Å². The third-order valence-corrected chi connectivity index (χ3v) is 2.39. The average Bonchev–Trinajstić information content (AvgIpc) is 2.03. The van der Waals surface area contributed by atoms with E-state index in [9.17, 15) is 9.90 Å². The van der Waals surface area contributed by atoms with E-state index in [0.717, 1.165) is 19.4 Å². The van der Waals surface area contributed by atoms with Gasteiger partial charge in [0.25, 0.3) is 0 Å². The molecule has 1 fully saturated rings. The summed E-state index contributed by atoms with van der Waals surface area (Å²) >= 11 is 0. The quantitative estimate of drug-likeness (QED) is 0.580. The van der Waals surface area contributed by atoms with Gasteiger partial charge in [-0.2, -0.15) is 0 Å². The van der Waals surface area contributed by atoms with Crippen LogP contribution in [0.3, 0.4) is 0 Å². The number of likely N-dealkylation sites (tertiary alicyclic amines) is 1. The standard InChI is InChI=1S/C8H16N2O2/c1-6(8(9)12)10-4-2-3-7(11)5-10/h6-7,11H,2-5H2,1H3,(H2,9,12). The highest BCUT2D eigenvalue weighted by atomic mass is 16.3. The van der Waals surface area contributed by atoms with E-state index < -0.39 is 0 Å². The summed E-state index contributed by atoms with van der Waals surface area (Å²) in [4.78, 5) is 12.7. The Morgan fingerprint density at radius 2 is 2.42 bits per heavy atom. The smallest absolute Gasteiger partial charge is 0.234 e. The van der Waals surface area contributed by atoms with Gasteiger partial charge < -0.3 is 10.8 Å². The van der Waals surface area contributed by atoms with Gasteiger partial charge in [-0.05, 0) is 26.3 Å².